The number of amides is 2. The van der Waals surface area contributed by atoms with Crippen LogP contribution in [0.5, 0.6) is 0 Å². The molecule has 2 aliphatic rings. The molecule has 0 aromatic carbocycles. The van der Waals surface area contributed by atoms with Crippen LogP contribution in [0.15, 0.2) is 4.99 Å². The molecule has 110 valence electrons. The molecule has 1 saturated heterocycles. The molecule has 2 rings (SSSR count). The standard InChI is InChI=1S/C15H22N2O3/c18-12-16-10-6-1-2-7-11-17-13(19)15(14(17)20)8-4-3-5-9-15/h1-11H2. The highest BCUT2D eigenvalue weighted by Crippen LogP contribution is 2.46. The fourth-order valence-electron chi connectivity index (χ4n) is 3.29. The van der Waals surface area contributed by atoms with Gasteiger partial charge in [-0.3, -0.25) is 14.5 Å². The van der Waals surface area contributed by atoms with Gasteiger partial charge in [0, 0.05) is 6.54 Å². The Bertz CT molecular complexity index is 403. The molecule has 0 aromatic rings. The second-order valence-corrected chi connectivity index (χ2v) is 5.79. The molecule has 0 N–H and O–H groups in total. The van der Waals surface area contributed by atoms with Gasteiger partial charge in [0.05, 0.1) is 6.54 Å². The summed E-state index contributed by atoms with van der Waals surface area (Å²) >= 11 is 0. The number of likely N-dealkylation sites (tertiary alicyclic amines) is 1. The van der Waals surface area contributed by atoms with Crippen molar-refractivity contribution in [3.05, 3.63) is 0 Å². The van der Waals surface area contributed by atoms with Crippen molar-refractivity contribution >= 4 is 17.9 Å². The van der Waals surface area contributed by atoms with Crippen LogP contribution >= 0.6 is 0 Å². The van der Waals surface area contributed by atoms with Crippen molar-refractivity contribution in [2.24, 2.45) is 10.4 Å². The summed E-state index contributed by atoms with van der Waals surface area (Å²) in [5.74, 6) is 0.125. The molecule has 0 unspecified atom stereocenters. The SMILES string of the molecule is O=C=NCCCCCCN1C(=O)C2(CCCCC2)C1=O. The molecule has 2 fully saturated rings. The van der Waals surface area contributed by atoms with Gasteiger partial charge in [0.25, 0.3) is 0 Å². The van der Waals surface area contributed by atoms with Gasteiger partial charge in [0.1, 0.15) is 5.41 Å². The Kier molecular flexibility index (Phi) is 5.07. The molecule has 1 heterocycles. The third kappa shape index (κ3) is 2.83. The summed E-state index contributed by atoms with van der Waals surface area (Å²) in [6, 6.07) is 0. The van der Waals surface area contributed by atoms with Crippen LogP contribution in [0.4, 0.5) is 0 Å². The van der Waals surface area contributed by atoms with Gasteiger partial charge < -0.3 is 0 Å². The zero-order valence-electron chi connectivity index (χ0n) is 11.9. The Balaban J connectivity index is 1.67. The smallest absolute Gasteiger partial charge is 0.244 e. The molecule has 0 atom stereocenters. The highest BCUT2D eigenvalue weighted by atomic mass is 16.2. The lowest BCUT2D eigenvalue weighted by Gasteiger charge is -2.48. The van der Waals surface area contributed by atoms with Crippen molar-refractivity contribution in [2.75, 3.05) is 13.1 Å². The molecular formula is C15H22N2O3. The Labute approximate surface area is 119 Å². The number of nitrogens with zero attached hydrogens (tertiary/aromatic N) is 2. The largest absolute Gasteiger partial charge is 0.281 e. The quantitative estimate of drug-likeness (QED) is 0.236. The van der Waals surface area contributed by atoms with Gasteiger partial charge in [-0.05, 0) is 25.7 Å². The van der Waals surface area contributed by atoms with Crippen LogP contribution < -0.4 is 0 Å². The number of β-lactam (4-membered cyclic amide) rings is 2. The first kappa shape index (κ1) is 14.9. The van der Waals surface area contributed by atoms with E-state index in [1.807, 2.05) is 0 Å². The number of hydrogen-bond acceptors (Lipinski definition) is 4. The van der Waals surface area contributed by atoms with Crippen LogP contribution in [0, 0.1) is 5.41 Å². The Hall–Kier alpha value is -1.48. The van der Waals surface area contributed by atoms with Crippen molar-refractivity contribution in [1.29, 1.82) is 0 Å². The molecule has 5 heteroatoms. The van der Waals surface area contributed by atoms with Crippen LogP contribution in [-0.2, 0) is 14.4 Å². The molecule has 1 spiro atoms. The first-order chi connectivity index (χ1) is 9.72. The highest BCUT2D eigenvalue weighted by Gasteiger charge is 2.59. The molecule has 1 aliphatic carbocycles. The predicted molar refractivity (Wildman–Crippen MR) is 73.7 cm³/mol. The van der Waals surface area contributed by atoms with E-state index in [4.69, 9.17) is 0 Å². The maximum absolute atomic E-state index is 12.2. The number of rotatable bonds is 7. The average Bonchev–Trinajstić information content (AvgIpc) is 2.50. The Morgan fingerprint density at radius 3 is 2.30 bits per heavy atom. The summed E-state index contributed by atoms with van der Waals surface area (Å²) in [4.78, 5) is 39.2. The zero-order valence-corrected chi connectivity index (χ0v) is 11.9. The van der Waals surface area contributed by atoms with Crippen LogP contribution in [-0.4, -0.2) is 35.9 Å². The minimum atomic E-state index is -0.628. The number of carbonyl (C=O) groups is 2. The van der Waals surface area contributed by atoms with Crippen LogP contribution in [0.3, 0.4) is 0 Å². The van der Waals surface area contributed by atoms with Crippen LogP contribution in [0.2, 0.25) is 0 Å². The molecule has 2 amide bonds. The third-order valence-electron chi connectivity index (χ3n) is 4.48. The number of aliphatic imine (C=N–C) groups is 1. The first-order valence-electron chi connectivity index (χ1n) is 7.62. The molecule has 0 aromatic heterocycles. The third-order valence-corrected chi connectivity index (χ3v) is 4.48. The van der Waals surface area contributed by atoms with Gasteiger partial charge >= 0.3 is 0 Å². The van der Waals surface area contributed by atoms with Gasteiger partial charge in [-0.25, -0.2) is 9.79 Å². The van der Waals surface area contributed by atoms with E-state index in [2.05, 4.69) is 4.99 Å². The lowest BCUT2D eigenvalue weighted by atomic mass is 9.67. The van der Waals surface area contributed by atoms with Crippen molar-refractivity contribution in [2.45, 2.75) is 57.8 Å². The van der Waals surface area contributed by atoms with E-state index >= 15 is 0 Å². The molecule has 1 aliphatic heterocycles. The molecule has 20 heavy (non-hydrogen) atoms. The van der Waals surface area contributed by atoms with Crippen LogP contribution in [0.25, 0.3) is 0 Å². The summed E-state index contributed by atoms with van der Waals surface area (Å²) in [7, 11) is 0. The number of isocyanates is 1. The highest BCUT2D eigenvalue weighted by molar-refractivity contribution is 6.21. The number of hydrogen-bond donors (Lipinski definition) is 0. The monoisotopic (exact) mass is 278 g/mol. The topological polar surface area (TPSA) is 66.8 Å². The van der Waals surface area contributed by atoms with Crippen LogP contribution in [0.1, 0.15) is 57.8 Å². The minimum absolute atomic E-state index is 0.0627. The van der Waals surface area contributed by atoms with E-state index in [0.717, 1.165) is 57.8 Å². The van der Waals surface area contributed by atoms with E-state index < -0.39 is 5.41 Å². The number of imide groups is 1. The molecular weight excluding hydrogens is 256 g/mol. The molecule has 0 bridgehead atoms. The number of carbonyl (C=O) groups excluding carboxylic acids is 3. The van der Waals surface area contributed by atoms with Crippen molar-refractivity contribution < 1.29 is 14.4 Å². The van der Waals surface area contributed by atoms with Gasteiger partial charge in [-0.1, -0.05) is 32.1 Å². The maximum atomic E-state index is 12.2. The summed E-state index contributed by atoms with van der Waals surface area (Å²) in [6.07, 6.45) is 9.81. The second-order valence-electron chi connectivity index (χ2n) is 5.79. The fourth-order valence-corrected chi connectivity index (χ4v) is 3.29. The second kappa shape index (κ2) is 6.80. The van der Waals surface area contributed by atoms with Gasteiger partial charge in [0.15, 0.2) is 0 Å². The van der Waals surface area contributed by atoms with Crippen molar-refractivity contribution in [3.63, 3.8) is 0 Å². The predicted octanol–water partition coefficient (Wildman–Crippen LogP) is 2.20. The lowest BCUT2D eigenvalue weighted by molar-refractivity contribution is -0.179. The van der Waals surface area contributed by atoms with Crippen molar-refractivity contribution in [1.82, 2.24) is 4.90 Å². The summed E-state index contributed by atoms with van der Waals surface area (Å²) < 4.78 is 0. The summed E-state index contributed by atoms with van der Waals surface area (Å²) in [5, 5.41) is 0. The lowest BCUT2D eigenvalue weighted by Crippen LogP contribution is -2.66. The number of unbranched alkanes of at least 4 members (excludes halogenated alkanes) is 3. The summed E-state index contributed by atoms with van der Waals surface area (Å²) in [6.45, 7) is 1.07. The Morgan fingerprint density at radius 2 is 1.65 bits per heavy atom. The Morgan fingerprint density at radius 1 is 1.00 bits per heavy atom. The van der Waals surface area contributed by atoms with Gasteiger partial charge in [-0.2, -0.15) is 0 Å². The van der Waals surface area contributed by atoms with E-state index in [1.165, 1.54) is 11.0 Å². The van der Waals surface area contributed by atoms with E-state index in [1.54, 1.807) is 0 Å². The van der Waals surface area contributed by atoms with E-state index in [0.29, 0.717) is 13.1 Å². The first-order valence-corrected chi connectivity index (χ1v) is 7.62. The minimum Gasteiger partial charge on any atom is -0.281 e. The van der Waals surface area contributed by atoms with Crippen molar-refractivity contribution in [3.8, 4) is 0 Å². The van der Waals surface area contributed by atoms with Gasteiger partial charge in [0.2, 0.25) is 17.9 Å². The average molecular weight is 278 g/mol. The fraction of sp³-hybridized carbons (Fsp3) is 0.800. The molecule has 5 nitrogen and oxygen atoms in total. The van der Waals surface area contributed by atoms with E-state index in [9.17, 15) is 14.4 Å². The molecule has 0 radical (unpaired) electrons. The zero-order chi connectivity index (χ0) is 14.4. The van der Waals surface area contributed by atoms with E-state index in [-0.39, 0.29) is 11.8 Å². The maximum Gasteiger partial charge on any atom is 0.244 e. The van der Waals surface area contributed by atoms with Gasteiger partial charge in [-0.15, -0.1) is 0 Å². The summed E-state index contributed by atoms with van der Waals surface area (Å²) in [5.41, 5.74) is -0.628. The molecule has 1 saturated carbocycles. The normalized spacial score (nSPS) is 20.7.